The molecule has 1 fully saturated rings. The summed E-state index contributed by atoms with van der Waals surface area (Å²) in [4.78, 5) is 10.8. The van der Waals surface area contributed by atoms with Crippen LogP contribution in [0.5, 0.6) is 0 Å². The monoisotopic (exact) mass is 239 g/mol. The molecule has 0 heterocycles. The summed E-state index contributed by atoms with van der Waals surface area (Å²) < 4.78 is 0. The summed E-state index contributed by atoms with van der Waals surface area (Å²) in [5.74, 6) is -0.925. The fourth-order valence-electron chi connectivity index (χ4n) is 2.06. The molecule has 86 valence electrons. The second kappa shape index (κ2) is 4.74. The van der Waals surface area contributed by atoms with Crippen molar-refractivity contribution in [2.24, 2.45) is 0 Å². The summed E-state index contributed by atoms with van der Waals surface area (Å²) in [6.45, 7) is 0. The second-order valence-electron chi connectivity index (χ2n) is 4.13. The van der Waals surface area contributed by atoms with Gasteiger partial charge in [0.15, 0.2) is 0 Å². The molecule has 0 saturated heterocycles. The third-order valence-electron chi connectivity index (χ3n) is 2.93. The minimum Gasteiger partial charge on any atom is -0.478 e. The highest BCUT2D eigenvalue weighted by atomic mass is 35.5. The van der Waals surface area contributed by atoms with Crippen molar-refractivity contribution in [2.45, 2.75) is 31.7 Å². The van der Waals surface area contributed by atoms with E-state index in [9.17, 15) is 4.79 Å². The highest BCUT2D eigenvalue weighted by Crippen LogP contribution is 2.28. The Balaban J connectivity index is 2.17. The first-order chi connectivity index (χ1) is 7.66. The van der Waals surface area contributed by atoms with Crippen LogP contribution >= 0.6 is 11.6 Å². The summed E-state index contributed by atoms with van der Waals surface area (Å²) in [6.07, 6.45) is 4.73. The smallest absolute Gasteiger partial charge is 0.335 e. The van der Waals surface area contributed by atoms with Crippen LogP contribution in [0.4, 0.5) is 5.69 Å². The van der Waals surface area contributed by atoms with Crippen LogP contribution in [-0.2, 0) is 0 Å². The van der Waals surface area contributed by atoms with Crippen LogP contribution in [0.15, 0.2) is 18.2 Å². The number of carboxylic acid groups (broad SMARTS) is 1. The molecule has 0 amide bonds. The summed E-state index contributed by atoms with van der Waals surface area (Å²) in [5, 5.41) is 12.8. The number of aromatic carboxylic acids is 1. The molecule has 1 aliphatic carbocycles. The van der Waals surface area contributed by atoms with E-state index in [1.807, 2.05) is 0 Å². The average Bonchev–Trinajstić information content (AvgIpc) is 2.73. The largest absolute Gasteiger partial charge is 0.478 e. The Morgan fingerprint density at radius 3 is 2.69 bits per heavy atom. The van der Waals surface area contributed by atoms with E-state index in [-0.39, 0.29) is 5.56 Å². The van der Waals surface area contributed by atoms with Crippen LogP contribution in [0.25, 0.3) is 0 Å². The Hall–Kier alpha value is -1.22. The molecule has 1 aromatic rings. The van der Waals surface area contributed by atoms with E-state index in [2.05, 4.69) is 5.32 Å². The Kier molecular flexibility index (Phi) is 3.34. The van der Waals surface area contributed by atoms with Crippen molar-refractivity contribution in [3.63, 3.8) is 0 Å². The second-order valence-corrected chi connectivity index (χ2v) is 4.53. The molecule has 1 aliphatic rings. The Labute approximate surface area is 99.4 Å². The van der Waals surface area contributed by atoms with Crippen molar-refractivity contribution in [2.75, 3.05) is 5.32 Å². The van der Waals surface area contributed by atoms with E-state index >= 15 is 0 Å². The molecule has 1 saturated carbocycles. The van der Waals surface area contributed by atoms with Gasteiger partial charge >= 0.3 is 5.97 Å². The van der Waals surface area contributed by atoms with Crippen molar-refractivity contribution >= 4 is 23.3 Å². The summed E-state index contributed by atoms with van der Waals surface area (Å²) in [6, 6.07) is 5.18. The third kappa shape index (κ3) is 2.47. The molecule has 0 radical (unpaired) electrons. The number of hydrogen-bond donors (Lipinski definition) is 2. The van der Waals surface area contributed by atoms with Crippen molar-refractivity contribution in [3.8, 4) is 0 Å². The summed E-state index contributed by atoms with van der Waals surface area (Å²) in [5.41, 5.74) is 0.998. The van der Waals surface area contributed by atoms with Crippen LogP contribution in [-0.4, -0.2) is 17.1 Å². The predicted molar refractivity (Wildman–Crippen MR) is 64.3 cm³/mol. The zero-order chi connectivity index (χ0) is 11.5. The van der Waals surface area contributed by atoms with Gasteiger partial charge in [-0.2, -0.15) is 0 Å². The number of anilines is 1. The molecule has 2 rings (SSSR count). The van der Waals surface area contributed by atoms with Crippen molar-refractivity contribution in [1.82, 2.24) is 0 Å². The zero-order valence-corrected chi connectivity index (χ0v) is 9.63. The first kappa shape index (κ1) is 11.3. The number of nitrogens with one attached hydrogen (secondary N) is 1. The molecule has 2 N–H and O–H groups in total. The molecule has 4 heteroatoms. The van der Waals surface area contributed by atoms with Gasteiger partial charge in [-0.05, 0) is 31.0 Å². The first-order valence-electron chi connectivity index (χ1n) is 5.46. The van der Waals surface area contributed by atoms with Gasteiger partial charge in [-0.25, -0.2) is 4.79 Å². The van der Waals surface area contributed by atoms with E-state index in [0.717, 1.165) is 18.5 Å². The molecule has 16 heavy (non-hydrogen) atoms. The van der Waals surface area contributed by atoms with E-state index in [4.69, 9.17) is 16.7 Å². The van der Waals surface area contributed by atoms with Crippen LogP contribution in [0.2, 0.25) is 5.02 Å². The quantitative estimate of drug-likeness (QED) is 0.850. The topological polar surface area (TPSA) is 49.3 Å². The number of rotatable bonds is 3. The number of carbonyl (C=O) groups is 1. The molecule has 0 spiro atoms. The minimum absolute atomic E-state index is 0.268. The lowest BCUT2D eigenvalue weighted by Crippen LogP contribution is -2.15. The van der Waals surface area contributed by atoms with Gasteiger partial charge < -0.3 is 10.4 Å². The molecular formula is C12H14ClNO2. The van der Waals surface area contributed by atoms with E-state index in [1.54, 1.807) is 12.1 Å². The Bertz CT molecular complexity index is 400. The maximum atomic E-state index is 10.8. The molecule has 1 aromatic carbocycles. The number of carboxylic acids is 1. The van der Waals surface area contributed by atoms with Gasteiger partial charge in [0.1, 0.15) is 0 Å². The lowest BCUT2D eigenvalue weighted by Gasteiger charge is -2.15. The van der Waals surface area contributed by atoms with Crippen LogP contribution in [0, 0.1) is 0 Å². The lowest BCUT2D eigenvalue weighted by atomic mass is 10.1. The maximum Gasteiger partial charge on any atom is 0.335 e. The van der Waals surface area contributed by atoms with Crippen molar-refractivity contribution in [3.05, 3.63) is 28.8 Å². The standard InChI is InChI=1S/C12H14ClNO2/c13-10-6-5-8(12(15)16)7-11(10)14-9-3-1-2-4-9/h5-7,9,14H,1-4H2,(H,15,16). The Morgan fingerprint density at radius 2 is 2.06 bits per heavy atom. The van der Waals surface area contributed by atoms with Crippen LogP contribution < -0.4 is 5.32 Å². The molecule has 3 nitrogen and oxygen atoms in total. The van der Waals surface area contributed by atoms with Gasteiger partial charge in [0.25, 0.3) is 0 Å². The highest BCUT2D eigenvalue weighted by molar-refractivity contribution is 6.33. The normalized spacial score (nSPS) is 16.3. The van der Waals surface area contributed by atoms with E-state index < -0.39 is 5.97 Å². The molecule has 0 atom stereocenters. The van der Waals surface area contributed by atoms with Gasteiger partial charge in [0.05, 0.1) is 16.3 Å². The third-order valence-corrected chi connectivity index (χ3v) is 3.26. The molecule has 0 unspecified atom stereocenters. The Morgan fingerprint density at radius 1 is 1.38 bits per heavy atom. The lowest BCUT2D eigenvalue weighted by molar-refractivity contribution is 0.0697. The van der Waals surface area contributed by atoms with Gasteiger partial charge in [-0.1, -0.05) is 24.4 Å². The fraction of sp³-hybridized carbons (Fsp3) is 0.417. The minimum atomic E-state index is -0.925. The van der Waals surface area contributed by atoms with Crippen molar-refractivity contribution < 1.29 is 9.90 Å². The maximum absolute atomic E-state index is 10.8. The number of benzene rings is 1. The van der Waals surface area contributed by atoms with Gasteiger partial charge in [-0.15, -0.1) is 0 Å². The van der Waals surface area contributed by atoms with E-state index in [1.165, 1.54) is 18.9 Å². The summed E-state index contributed by atoms with van der Waals surface area (Å²) >= 11 is 6.02. The highest BCUT2D eigenvalue weighted by Gasteiger charge is 2.16. The molecule has 0 aliphatic heterocycles. The van der Waals surface area contributed by atoms with Crippen molar-refractivity contribution in [1.29, 1.82) is 0 Å². The SMILES string of the molecule is O=C(O)c1ccc(Cl)c(NC2CCCC2)c1. The fourth-order valence-corrected chi connectivity index (χ4v) is 2.23. The molecular weight excluding hydrogens is 226 g/mol. The number of hydrogen-bond acceptors (Lipinski definition) is 2. The average molecular weight is 240 g/mol. The van der Waals surface area contributed by atoms with Gasteiger partial charge in [0.2, 0.25) is 0 Å². The molecule has 0 aromatic heterocycles. The van der Waals surface area contributed by atoms with Gasteiger partial charge in [0, 0.05) is 6.04 Å². The first-order valence-corrected chi connectivity index (χ1v) is 5.84. The van der Waals surface area contributed by atoms with Gasteiger partial charge in [-0.3, -0.25) is 0 Å². The predicted octanol–water partition coefficient (Wildman–Crippen LogP) is 3.39. The molecule has 0 bridgehead atoms. The number of halogens is 1. The zero-order valence-electron chi connectivity index (χ0n) is 8.87. The van der Waals surface area contributed by atoms with Crippen LogP contribution in [0.1, 0.15) is 36.0 Å². The summed E-state index contributed by atoms with van der Waals surface area (Å²) in [7, 11) is 0. The van der Waals surface area contributed by atoms with E-state index in [0.29, 0.717) is 11.1 Å². The van der Waals surface area contributed by atoms with Crippen LogP contribution in [0.3, 0.4) is 0 Å².